The van der Waals surface area contributed by atoms with Crippen molar-refractivity contribution in [1.29, 1.82) is 0 Å². The fourth-order valence-electron chi connectivity index (χ4n) is 1.27. The van der Waals surface area contributed by atoms with Crippen LogP contribution in [0.3, 0.4) is 0 Å². The van der Waals surface area contributed by atoms with E-state index in [-0.39, 0.29) is 29.6 Å². The molecule has 0 atom stereocenters. The minimum Gasteiger partial charge on any atom is -0.544 e. The molecule has 1 heterocycles. The van der Waals surface area contributed by atoms with Crippen molar-refractivity contribution in [2.75, 3.05) is 13.1 Å². The predicted molar refractivity (Wildman–Crippen MR) is 55.3 cm³/mol. The topological polar surface area (TPSA) is 43.4 Å². The zero-order valence-corrected chi connectivity index (χ0v) is 12.3. The van der Waals surface area contributed by atoms with Gasteiger partial charge < -0.3 is 9.90 Å². The van der Waals surface area contributed by atoms with Gasteiger partial charge in [-0.2, -0.15) is 0 Å². The first-order valence-electron chi connectivity index (χ1n) is 4.68. The van der Waals surface area contributed by atoms with Gasteiger partial charge in [-0.3, -0.25) is 4.90 Å². The Morgan fingerprint density at radius 1 is 1.47 bits per heavy atom. The summed E-state index contributed by atoms with van der Waals surface area (Å²) in [4.78, 5) is 13.1. The summed E-state index contributed by atoms with van der Waals surface area (Å²) in [6.07, 6.45) is 0. The Kier molecular flexibility index (Phi) is 7.48. The average molecular weight is 235 g/mol. The van der Waals surface area contributed by atoms with Gasteiger partial charge in [-0.15, -0.1) is 11.3 Å². The van der Waals surface area contributed by atoms with Crippen LogP contribution in [0.4, 0.5) is 0 Å². The number of carbonyl (C=O) groups excluding carboxylic acids is 1. The van der Waals surface area contributed by atoms with Crippen molar-refractivity contribution in [2.45, 2.75) is 20.4 Å². The number of carboxylic acid groups (broad SMARTS) is 1. The summed E-state index contributed by atoms with van der Waals surface area (Å²) in [5.74, 6) is -1.08. The van der Waals surface area contributed by atoms with Crippen molar-refractivity contribution < 1.29 is 39.5 Å². The van der Waals surface area contributed by atoms with Crippen LogP contribution < -0.4 is 34.7 Å². The standard InChI is InChI=1S/C10H15NO2S.Na/c1-3-11(4-2)6-8-5-9(10(12)13)14-7-8;/h5,7H,3-4,6H2,1-2H3,(H,12,13);/q;+1/p-1. The van der Waals surface area contributed by atoms with Crippen LogP contribution in [-0.4, -0.2) is 24.0 Å². The second-order valence-electron chi connectivity index (χ2n) is 3.07. The third kappa shape index (κ3) is 4.66. The number of hydrogen-bond donors (Lipinski definition) is 0. The van der Waals surface area contributed by atoms with Gasteiger partial charge in [0.2, 0.25) is 0 Å². The smallest absolute Gasteiger partial charge is 0.544 e. The number of thiophene rings is 1. The van der Waals surface area contributed by atoms with Gasteiger partial charge in [-0.1, -0.05) is 13.8 Å². The first-order valence-corrected chi connectivity index (χ1v) is 5.56. The third-order valence-electron chi connectivity index (χ3n) is 2.16. The Labute approximate surface area is 116 Å². The maximum Gasteiger partial charge on any atom is 1.00 e. The second kappa shape index (κ2) is 7.41. The van der Waals surface area contributed by atoms with Gasteiger partial charge >= 0.3 is 29.6 Å². The molecule has 1 aromatic heterocycles. The average Bonchev–Trinajstić information content (AvgIpc) is 2.62. The van der Waals surface area contributed by atoms with E-state index in [0.717, 1.165) is 25.2 Å². The summed E-state index contributed by atoms with van der Waals surface area (Å²) in [5, 5.41) is 12.4. The Morgan fingerprint density at radius 2 is 2.07 bits per heavy atom. The van der Waals surface area contributed by atoms with Crippen LogP contribution in [0.1, 0.15) is 29.1 Å². The normalized spacial score (nSPS) is 10.1. The van der Waals surface area contributed by atoms with Gasteiger partial charge in [0.25, 0.3) is 0 Å². The Balaban J connectivity index is 0.00000196. The van der Waals surface area contributed by atoms with Crippen LogP contribution in [0, 0.1) is 0 Å². The summed E-state index contributed by atoms with van der Waals surface area (Å²) < 4.78 is 0. The van der Waals surface area contributed by atoms with Crippen LogP contribution in [0.15, 0.2) is 11.4 Å². The van der Waals surface area contributed by atoms with Crippen molar-refractivity contribution in [3.05, 3.63) is 21.9 Å². The number of rotatable bonds is 5. The molecule has 78 valence electrons. The summed E-state index contributed by atoms with van der Waals surface area (Å²) >= 11 is 1.23. The summed E-state index contributed by atoms with van der Waals surface area (Å²) in [5.41, 5.74) is 1.05. The van der Waals surface area contributed by atoms with Gasteiger partial charge in [-0.05, 0) is 30.1 Å². The summed E-state index contributed by atoms with van der Waals surface area (Å²) in [6, 6.07) is 1.69. The van der Waals surface area contributed by atoms with Gasteiger partial charge in [0.05, 0.1) is 10.8 Å². The van der Waals surface area contributed by atoms with Gasteiger partial charge in [0.1, 0.15) is 0 Å². The molecule has 3 nitrogen and oxygen atoms in total. The summed E-state index contributed by atoms with van der Waals surface area (Å²) in [6.45, 7) is 6.96. The van der Waals surface area contributed by atoms with E-state index >= 15 is 0 Å². The molecule has 0 amide bonds. The molecule has 0 aliphatic heterocycles. The van der Waals surface area contributed by atoms with Crippen LogP contribution in [0.2, 0.25) is 0 Å². The van der Waals surface area contributed by atoms with Crippen LogP contribution in [0.25, 0.3) is 0 Å². The number of aromatic carboxylic acids is 1. The minimum absolute atomic E-state index is 0. The van der Waals surface area contributed by atoms with E-state index in [4.69, 9.17) is 0 Å². The molecule has 0 saturated carbocycles. The predicted octanol–water partition coefficient (Wildman–Crippen LogP) is -2.04. The molecule has 0 aliphatic rings. The van der Waals surface area contributed by atoms with Crippen molar-refractivity contribution in [1.82, 2.24) is 4.90 Å². The molecular weight excluding hydrogens is 221 g/mol. The summed E-state index contributed by atoms with van der Waals surface area (Å²) in [7, 11) is 0. The van der Waals surface area contributed by atoms with E-state index in [1.807, 2.05) is 5.38 Å². The molecule has 1 aromatic rings. The van der Waals surface area contributed by atoms with Crippen molar-refractivity contribution in [2.24, 2.45) is 0 Å². The van der Waals surface area contributed by atoms with Gasteiger partial charge in [0.15, 0.2) is 0 Å². The van der Waals surface area contributed by atoms with Crippen LogP contribution in [-0.2, 0) is 6.54 Å². The Hall–Kier alpha value is 0.130. The first kappa shape index (κ1) is 15.1. The second-order valence-corrected chi connectivity index (χ2v) is 3.98. The SMILES string of the molecule is CCN(CC)Cc1csc(C(=O)[O-])c1.[Na+]. The molecule has 0 aromatic carbocycles. The zero-order valence-electron chi connectivity index (χ0n) is 9.45. The minimum atomic E-state index is -1.08. The van der Waals surface area contributed by atoms with E-state index in [9.17, 15) is 9.90 Å². The molecule has 1 rings (SSSR count). The first-order chi connectivity index (χ1) is 6.67. The quantitative estimate of drug-likeness (QED) is 0.552. The maximum atomic E-state index is 10.5. The van der Waals surface area contributed by atoms with Crippen LogP contribution in [0.5, 0.6) is 0 Å². The van der Waals surface area contributed by atoms with E-state index in [2.05, 4.69) is 18.7 Å². The fourth-order valence-corrected chi connectivity index (χ4v) is 2.01. The molecule has 0 radical (unpaired) electrons. The van der Waals surface area contributed by atoms with Crippen LogP contribution >= 0.6 is 11.3 Å². The Bertz CT molecular complexity index is 310. The molecule has 0 N–H and O–H groups in total. The molecule has 0 aliphatic carbocycles. The van der Waals surface area contributed by atoms with E-state index in [0.29, 0.717) is 4.88 Å². The van der Waals surface area contributed by atoms with Crippen molar-refractivity contribution >= 4 is 17.3 Å². The van der Waals surface area contributed by atoms with Crippen molar-refractivity contribution in [3.63, 3.8) is 0 Å². The number of carboxylic acids is 1. The molecule has 0 saturated heterocycles. The third-order valence-corrected chi connectivity index (χ3v) is 3.11. The molecule has 15 heavy (non-hydrogen) atoms. The number of nitrogens with zero attached hydrogens (tertiary/aromatic N) is 1. The molecule has 0 fully saturated rings. The van der Waals surface area contributed by atoms with Gasteiger partial charge in [0, 0.05) is 6.54 Å². The molecule has 0 bridgehead atoms. The fraction of sp³-hybridized carbons (Fsp3) is 0.500. The van der Waals surface area contributed by atoms with Gasteiger partial charge in [-0.25, -0.2) is 0 Å². The van der Waals surface area contributed by atoms with Crippen molar-refractivity contribution in [3.8, 4) is 0 Å². The Morgan fingerprint density at radius 3 is 2.47 bits per heavy atom. The molecule has 5 heteroatoms. The molecule has 0 unspecified atom stereocenters. The zero-order chi connectivity index (χ0) is 10.6. The monoisotopic (exact) mass is 235 g/mol. The number of carbonyl (C=O) groups is 1. The number of hydrogen-bond acceptors (Lipinski definition) is 4. The molecule has 0 spiro atoms. The van der Waals surface area contributed by atoms with E-state index in [1.165, 1.54) is 11.3 Å². The van der Waals surface area contributed by atoms with E-state index in [1.54, 1.807) is 6.07 Å². The van der Waals surface area contributed by atoms with E-state index < -0.39 is 5.97 Å². The maximum absolute atomic E-state index is 10.5. The largest absolute Gasteiger partial charge is 1.00 e. The molecular formula is C10H14NNaO2S.